The minimum Gasteiger partial charge on any atom is -0.391 e. The number of aliphatic hydroxyl groups is 1. The zero-order valence-electron chi connectivity index (χ0n) is 10.9. The van der Waals surface area contributed by atoms with Crippen molar-refractivity contribution in [3.8, 4) is 0 Å². The molecule has 0 spiro atoms. The summed E-state index contributed by atoms with van der Waals surface area (Å²) < 4.78 is 1.05. The molecule has 0 radical (unpaired) electrons. The second-order valence-electron chi connectivity index (χ2n) is 5.27. The Morgan fingerprint density at radius 3 is 2.83 bits per heavy atom. The number of benzene rings is 1. The molecule has 1 aliphatic rings. The average molecular weight is 313 g/mol. The number of rotatable bonds is 2. The molecule has 0 aliphatic carbocycles. The first-order valence-electron chi connectivity index (χ1n) is 6.47. The molecule has 1 aromatic rings. The summed E-state index contributed by atoms with van der Waals surface area (Å²) in [5.41, 5.74) is 8.31. The van der Waals surface area contributed by atoms with Gasteiger partial charge in [0.15, 0.2) is 0 Å². The Balaban J connectivity index is 2.29. The van der Waals surface area contributed by atoms with Crippen LogP contribution in [-0.4, -0.2) is 24.3 Å². The molecule has 0 bridgehead atoms. The van der Waals surface area contributed by atoms with E-state index in [1.54, 1.807) is 0 Å². The molecule has 18 heavy (non-hydrogen) atoms. The third kappa shape index (κ3) is 2.87. The lowest BCUT2D eigenvalue weighted by molar-refractivity contribution is 0.103. The molecule has 0 saturated carbocycles. The van der Waals surface area contributed by atoms with Gasteiger partial charge < -0.3 is 15.7 Å². The van der Waals surface area contributed by atoms with Crippen LogP contribution in [0.4, 0.5) is 5.69 Å². The number of hydrogen-bond acceptors (Lipinski definition) is 3. The van der Waals surface area contributed by atoms with Crippen molar-refractivity contribution in [2.45, 2.75) is 32.4 Å². The smallest absolute Gasteiger partial charge is 0.0741 e. The summed E-state index contributed by atoms with van der Waals surface area (Å²) >= 11 is 3.51. The third-order valence-electron chi connectivity index (χ3n) is 3.74. The van der Waals surface area contributed by atoms with Crippen molar-refractivity contribution in [3.05, 3.63) is 28.2 Å². The molecule has 0 amide bonds. The summed E-state index contributed by atoms with van der Waals surface area (Å²) in [7, 11) is 0. The zero-order chi connectivity index (χ0) is 13.3. The highest BCUT2D eigenvalue weighted by atomic mass is 79.9. The summed E-state index contributed by atoms with van der Waals surface area (Å²) in [6, 6.07) is 6.19. The van der Waals surface area contributed by atoms with Crippen molar-refractivity contribution < 1.29 is 5.11 Å². The SMILES string of the molecule is CC(N)c1ccc(Br)cc1N1CCC(C)C(O)C1. The molecule has 3 atom stereocenters. The Morgan fingerprint density at radius 1 is 1.50 bits per heavy atom. The molecule has 2 rings (SSSR count). The highest BCUT2D eigenvalue weighted by Gasteiger charge is 2.26. The lowest BCUT2D eigenvalue weighted by Crippen LogP contribution is -2.43. The number of nitrogens with zero attached hydrogens (tertiary/aromatic N) is 1. The molecule has 0 aromatic heterocycles. The maximum Gasteiger partial charge on any atom is 0.0741 e. The van der Waals surface area contributed by atoms with Gasteiger partial charge in [-0.15, -0.1) is 0 Å². The van der Waals surface area contributed by atoms with E-state index in [0.717, 1.165) is 28.7 Å². The van der Waals surface area contributed by atoms with Gasteiger partial charge in [-0.3, -0.25) is 0 Å². The second-order valence-corrected chi connectivity index (χ2v) is 6.19. The first-order valence-corrected chi connectivity index (χ1v) is 7.26. The molecule has 1 fully saturated rings. The Labute approximate surface area is 117 Å². The number of piperidine rings is 1. The average Bonchev–Trinajstić information content (AvgIpc) is 2.32. The van der Waals surface area contributed by atoms with Gasteiger partial charge in [-0.2, -0.15) is 0 Å². The van der Waals surface area contributed by atoms with Crippen LogP contribution in [0.2, 0.25) is 0 Å². The normalized spacial score (nSPS) is 26.2. The van der Waals surface area contributed by atoms with E-state index in [9.17, 15) is 5.11 Å². The van der Waals surface area contributed by atoms with Crippen LogP contribution >= 0.6 is 15.9 Å². The van der Waals surface area contributed by atoms with Gasteiger partial charge in [0.25, 0.3) is 0 Å². The van der Waals surface area contributed by atoms with Gasteiger partial charge >= 0.3 is 0 Å². The Kier molecular flexibility index (Phi) is 4.30. The van der Waals surface area contributed by atoms with Crippen LogP contribution in [0.25, 0.3) is 0 Å². The van der Waals surface area contributed by atoms with Crippen LogP contribution < -0.4 is 10.6 Å². The summed E-state index contributed by atoms with van der Waals surface area (Å²) in [5, 5.41) is 10.0. The Bertz CT molecular complexity index is 422. The minimum atomic E-state index is -0.251. The number of aliphatic hydroxyl groups excluding tert-OH is 1. The maximum atomic E-state index is 10.0. The third-order valence-corrected chi connectivity index (χ3v) is 4.24. The largest absolute Gasteiger partial charge is 0.391 e. The molecule has 100 valence electrons. The van der Waals surface area contributed by atoms with Crippen molar-refractivity contribution in [3.63, 3.8) is 0 Å². The Morgan fingerprint density at radius 2 is 2.22 bits per heavy atom. The monoisotopic (exact) mass is 312 g/mol. The zero-order valence-corrected chi connectivity index (χ0v) is 12.5. The van der Waals surface area contributed by atoms with E-state index in [1.807, 2.05) is 13.0 Å². The van der Waals surface area contributed by atoms with E-state index in [0.29, 0.717) is 12.5 Å². The summed E-state index contributed by atoms with van der Waals surface area (Å²) in [6.07, 6.45) is 0.769. The van der Waals surface area contributed by atoms with Gasteiger partial charge in [0.2, 0.25) is 0 Å². The number of anilines is 1. The minimum absolute atomic E-state index is 0.00425. The standard InChI is InChI=1S/C14H21BrN2O/c1-9-5-6-17(8-14(9)18)13-7-11(15)3-4-12(13)10(2)16/h3-4,7,9-10,14,18H,5-6,8,16H2,1-2H3. The lowest BCUT2D eigenvalue weighted by atomic mass is 9.94. The number of nitrogens with two attached hydrogens (primary N) is 1. The number of hydrogen-bond donors (Lipinski definition) is 2. The molecule has 1 aromatic carbocycles. The van der Waals surface area contributed by atoms with Gasteiger partial charge in [-0.1, -0.05) is 28.9 Å². The van der Waals surface area contributed by atoms with Crippen molar-refractivity contribution in [2.75, 3.05) is 18.0 Å². The predicted octanol–water partition coefficient (Wildman–Crippen LogP) is 2.68. The maximum absolute atomic E-state index is 10.0. The van der Waals surface area contributed by atoms with E-state index in [2.05, 4.69) is 39.9 Å². The summed E-state index contributed by atoms with van der Waals surface area (Å²) in [4.78, 5) is 2.24. The van der Waals surface area contributed by atoms with Gasteiger partial charge in [0.1, 0.15) is 0 Å². The lowest BCUT2D eigenvalue weighted by Gasteiger charge is -2.37. The van der Waals surface area contributed by atoms with Gasteiger partial charge in [-0.25, -0.2) is 0 Å². The molecule has 1 saturated heterocycles. The molecule has 1 heterocycles. The fourth-order valence-corrected chi connectivity index (χ4v) is 2.79. The van der Waals surface area contributed by atoms with Crippen molar-refractivity contribution in [1.82, 2.24) is 0 Å². The second kappa shape index (κ2) is 5.59. The fraction of sp³-hybridized carbons (Fsp3) is 0.571. The van der Waals surface area contributed by atoms with E-state index in [-0.39, 0.29) is 12.1 Å². The molecule has 3 unspecified atom stereocenters. The molecule has 1 aliphatic heterocycles. The van der Waals surface area contributed by atoms with E-state index in [1.165, 1.54) is 0 Å². The first-order chi connectivity index (χ1) is 8.49. The van der Waals surface area contributed by atoms with E-state index >= 15 is 0 Å². The summed E-state index contributed by atoms with van der Waals surface area (Å²) in [5.74, 6) is 0.382. The van der Waals surface area contributed by atoms with Crippen LogP contribution in [0.3, 0.4) is 0 Å². The number of halogens is 1. The molecule has 4 heteroatoms. The predicted molar refractivity (Wildman–Crippen MR) is 78.7 cm³/mol. The van der Waals surface area contributed by atoms with E-state index < -0.39 is 0 Å². The van der Waals surface area contributed by atoms with Crippen molar-refractivity contribution in [2.24, 2.45) is 11.7 Å². The van der Waals surface area contributed by atoms with Crippen molar-refractivity contribution in [1.29, 1.82) is 0 Å². The van der Waals surface area contributed by atoms with Crippen LogP contribution in [0.15, 0.2) is 22.7 Å². The summed E-state index contributed by atoms with van der Waals surface area (Å²) in [6.45, 7) is 5.77. The van der Waals surface area contributed by atoms with Gasteiger partial charge in [0, 0.05) is 29.3 Å². The van der Waals surface area contributed by atoms with Crippen molar-refractivity contribution >= 4 is 21.6 Å². The molecule has 3 nitrogen and oxygen atoms in total. The van der Waals surface area contributed by atoms with Crippen LogP contribution in [0, 0.1) is 5.92 Å². The van der Waals surface area contributed by atoms with Gasteiger partial charge in [0.05, 0.1) is 6.10 Å². The first kappa shape index (κ1) is 13.8. The quantitative estimate of drug-likeness (QED) is 0.882. The Hall–Kier alpha value is -0.580. The number of β-amino-alcohol motifs (C(OH)–C–C–N with tert-alkyl or cyclic N) is 1. The molecular weight excluding hydrogens is 292 g/mol. The van der Waals surface area contributed by atoms with E-state index in [4.69, 9.17) is 5.73 Å². The molecule has 3 N–H and O–H groups in total. The highest BCUT2D eigenvalue weighted by molar-refractivity contribution is 9.10. The van der Waals surface area contributed by atoms with Crippen LogP contribution in [0.1, 0.15) is 31.9 Å². The van der Waals surface area contributed by atoms with Crippen LogP contribution in [0.5, 0.6) is 0 Å². The fourth-order valence-electron chi connectivity index (χ4n) is 2.44. The highest BCUT2D eigenvalue weighted by Crippen LogP contribution is 2.31. The topological polar surface area (TPSA) is 49.5 Å². The van der Waals surface area contributed by atoms with Crippen LogP contribution in [-0.2, 0) is 0 Å². The molecular formula is C14H21BrN2O. The van der Waals surface area contributed by atoms with Gasteiger partial charge in [-0.05, 0) is 37.0 Å².